The number of carboxylic acid groups (broad SMARTS) is 1. The van der Waals surface area contributed by atoms with Crippen LogP contribution < -0.4 is 5.32 Å². The minimum Gasteiger partial charge on any atom is -0.481 e. The molecule has 0 radical (unpaired) electrons. The van der Waals surface area contributed by atoms with Crippen LogP contribution in [0.2, 0.25) is 0 Å². The minimum absolute atomic E-state index is 0.119. The zero-order valence-electron chi connectivity index (χ0n) is 14.5. The number of esters is 1. The molecule has 140 valence electrons. The van der Waals surface area contributed by atoms with Gasteiger partial charge in [-0.3, -0.25) is 14.6 Å². The Morgan fingerprint density at radius 2 is 2.00 bits per heavy atom. The van der Waals surface area contributed by atoms with E-state index >= 15 is 0 Å². The predicted molar refractivity (Wildman–Crippen MR) is 91.8 cm³/mol. The fourth-order valence-electron chi connectivity index (χ4n) is 3.37. The summed E-state index contributed by atoms with van der Waals surface area (Å²) in [6.45, 7) is 1.56. The van der Waals surface area contributed by atoms with Gasteiger partial charge in [0.25, 0.3) is 0 Å². The lowest BCUT2D eigenvalue weighted by Crippen LogP contribution is -2.62. The van der Waals surface area contributed by atoms with Crippen molar-refractivity contribution in [3.05, 3.63) is 35.9 Å². The number of nitrogens with one attached hydrogen (secondary N) is 1. The molecule has 2 saturated heterocycles. The number of carbonyl (C=O) groups is 3. The van der Waals surface area contributed by atoms with Crippen molar-refractivity contribution in [1.29, 1.82) is 0 Å². The largest absolute Gasteiger partial charge is 0.481 e. The second kappa shape index (κ2) is 8.18. The van der Waals surface area contributed by atoms with Crippen molar-refractivity contribution in [2.75, 3.05) is 19.6 Å². The fraction of sp³-hybridized carbons (Fsp3) is 0.500. The number of carboxylic acids is 1. The fourth-order valence-corrected chi connectivity index (χ4v) is 3.37. The average molecular weight is 361 g/mol. The van der Waals surface area contributed by atoms with E-state index in [4.69, 9.17) is 4.74 Å². The highest BCUT2D eigenvalue weighted by Crippen LogP contribution is 2.26. The van der Waals surface area contributed by atoms with Crippen LogP contribution in [-0.2, 0) is 20.9 Å². The Bertz CT molecular complexity index is 666. The molecule has 2 unspecified atom stereocenters. The van der Waals surface area contributed by atoms with Gasteiger partial charge in [-0.2, -0.15) is 0 Å². The molecule has 0 spiro atoms. The normalized spacial score (nSPS) is 24.0. The van der Waals surface area contributed by atoms with Crippen molar-refractivity contribution >= 4 is 18.0 Å². The Morgan fingerprint density at radius 3 is 2.69 bits per heavy atom. The maximum Gasteiger partial charge on any atom is 0.331 e. The van der Waals surface area contributed by atoms with E-state index in [0.29, 0.717) is 26.1 Å². The number of nitrogens with zero attached hydrogens (tertiary/aromatic N) is 2. The summed E-state index contributed by atoms with van der Waals surface area (Å²) in [5.41, 5.74) is 0.855. The van der Waals surface area contributed by atoms with E-state index < -0.39 is 23.9 Å². The van der Waals surface area contributed by atoms with E-state index in [1.165, 1.54) is 5.01 Å². The molecule has 2 fully saturated rings. The van der Waals surface area contributed by atoms with Gasteiger partial charge in [0, 0.05) is 19.6 Å². The maximum atomic E-state index is 12.7. The van der Waals surface area contributed by atoms with Crippen molar-refractivity contribution in [3.63, 3.8) is 0 Å². The molecule has 2 heterocycles. The van der Waals surface area contributed by atoms with Crippen LogP contribution in [-0.4, -0.2) is 58.8 Å². The number of hydrogen-bond acceptors (Lipinski definition) is 5. The second-order valence-electron chi connectivity index (χ2n) is 6.54. The number of aliphatic carboxylic acids is 1. The third kappa shape index (κ3) is 4.13. The molecule has 2 aliphatic heterocycles. The number of carbonyl (C=O) groups excluding carboxylic acids is 2. The van der Waals surface area contributed by atoms with Crippen LogP contribution in [0.5, 0.6) is 0 Å². The summed E-state index contributed by atoms with van der Waals surface area (Å²) in [6, 6.07) is 8.25. The molecule has 0 bridgehead atoms. The monoisotopic (exact) mass is 361 g/mol. The van der Waals surface area contributed by atoms with Gasteiger partial charge in [-0.25, -0.2) is 9.80 Å². The van der Waals surface area contributed by atoms with E-state index in [0.717, 1.165) is 12.0 Å². The van der Waals surface area contributed by atoms with Gasteiger partial charge in [-0.1, -0.05) is 30.3 Å². The predicted octanol–water partition coefficient (Wildman–Crippen LogP) is 1.23. The van der Waals surface area contributed by atoms with Crippen LogP contribution in [0.15, 0.2) is 30.3 Å². The highest BCUT2D eigenvalue weighted by molar-refractivity contribution is 5.80. The van der Waals surface area contributed by atoms with Crippen molar-refractivity contribution in [3.8, 4) is 0 Å². The molecule has 8 heteroatoms. The maximum absolute atomic E-state index is 12.7. The molecular formula is C18H23N3O5. The molecule has 1 aromatic carbocycles. The summed E-state index contributed by atoms with van der Waals surface area (Å²) in [5, 5.41) is 15.3. The smallest absolute Gasteiger partial charge is 0.331 e. The lowest BCUT2D eigenvalue weighted by Gasteiger charge is -2.44. The zero-order chi connectivity index (χ0) is 18.5. The van der Waals surface area contributed by atoms with Crippen molar-refractivity contribution in [2.45, 2.75) is 31.9 Å². The van der Waals surface area contributed by atoms with Gasteiger partial charge >= 0.3 is 18.0 Å². The Kier molecular flexibility index (Phi) is 5.72. The molecular weight excluding hydrogens is 338 g/mol. The molecule has 2 amide bonds. The zero-order valence-corrected chi connectivity index (χ0v) is 14.5. The molecule has 0 aromatic heterocycles. The summed E-state index contributed by atoms with van der Waals surface area (Å²) < 4.78 is 5.42. The van der Waals surface area contributed by atoms with Crippen LogP contribution in [0.4, 0.5) is 4.79 Å². The van der Waals surface area contributed by atoms with Crippen molar-refractivity contribution in [2.24, 2.45) is 5.92 Å². The first-order valence-electron chi connectivity index (χ1n) is 8.81. The topological polar surface area (TPSA) is 99.2 Å². The standard InChI is InChI=1S/C18H23N3O5/c22-16(23)14-7-10-20(21-9-4-8-19-18(21)25)15(11-14)17(24)26-12-13-5-2-1-3-6-13/h1-3,5-6,14-15H,4,7-12H2,(H,19,25)(H,22,23). The van der Waals surface area contributed by atoms with Gasteiger partial charge < -0.3 is 15.2 Å². The summed E-state index contributed by atoms with van der Waals surface area (Å²) in [5.74, 6) is -2.04. The van der Waals surface area contributed by atoms with Crippen LogP contribution >= 0.6 is 0 Å². The van der Waals surface area contributed by atoms with E-state index in [1.54, 1.807) is 5.01 Å². The van der Waals surface area contributed by atoms with Gasteiger partial charge in [0.15, 0.2) is 0 Å². The lowest BCUT2D eigenvalue weighted by atomic mass is 9.92. The molecule has 8 nitrogen and oxygen atoms in total. The third-order valence-corrected chi connectivity index (χ3v) is 4.79. The number of ether oxygens (including phenoxy) is 1. The number of rotatable bonds is 5. The summed E-state index contributed by atoms with van der Waals surface area (Å²) >= 11 is 0. The van der Waals surface area contributed by atoms with Crippen LogP contribution in [0, 0.1) is 5.92 Å². The molecule has 0 saturated carbocycles. The number of piperidine rings is 1. The van der Waals surface area contributed by atoms with Gasteiger partial charge in [0.2, 0.25) is 0 Å². The van der Waals surface area contributed by atoms with Gasteiger partial charge in [0.1, 0.15) is 12.6 Å². The van der Waals surface area contributed by atoms with E-state index in [1.807, 2.05) is 30.3 Å². The Morgan fingerprint density at radius 1 is 1.23 bits per heavy atom. The van der Waals surface area contributed by atoms with Gasteiger partial charge in [0.05, 0.1) is 5.92 Å². The summed E-state index contributed by atoms with van der Waals surface area (Å²) in [4.78, 5) is 36.2. The lowest BCUT2D eigenvalue weighted by molar-refractivity contribution is -0.166. The van der Waals surface area contributed by atoms with E-state index in [9.17, 15) is 19.5 Å². The first-order valence-corrected chi connectivity index (χ1v) is 8.81. The molecule has 2 atom stereocenters. The third-order valence-electron chi connectivity index (χ3n) is 4.79. The molecule has 26 heavy (non-hydrogen) atoms. The van der Waals surface area contributed by atoms with E-state index in [2.05, 4.69) is 5.32 Å². The number of urea groups is 1. The highest BCUT2D eigenvalue weighted by Gasteiger charge is 2.41. The van der Waals surface area contributed by atoms with Gasteiger partial charge in [-0.05, 0) is 24.8 Å². The van der Waals surface area contributed by atoms with Crippen molar-refractivity contribution < 1.29 is 24.2 Å². The second-order valence-corrected chi connectivity index (χ2v) is 6.54. The summed E-state index contributed by atoms with van der Waals surface area (Å²) in [7, 11) is 0. The molecule has 2 aliphatic rings. The average Bonchev–Trinajstić information content (AvgIpc) is 2.67. The molecule has 3 rings (SSSR count). The SMILES string of the molecule is O=C(O)C1CCN(N2CCCNC2=O)C(C(=O)OCc2ccccc2)C1. The Balaban J connectivity index is 1.71. The molecule has 0 aliphatic carbocycles. The van der Waals surface area contributed by atoms with Crippen LogP contribution in [0.25, 0.3) is 0 Å². The highest BCUT2D eigenvalue weighted by atomic mass is 16.5. The van der Waals surface area contributed by atoms with Crippen LogP contribution in [0.1, 0.15) is 24.8 Å². The van der Waals surface area contributed by atoms with Crippen LogP contribution in [0.3, 0.4) is 0 Å². The molecule has 1 aromatic rings. The first kappa shape index (κ1) is 18.2. The first-order chi connectivity index (χ1) is 12.6. The molecule has 2 N–H and O–H groups in total. The Labute approximate surface area is 151 Å². The quantitative estimate of drug-likeness (QED) is 0.765. The number of benzene rings is 1. The summed E-state index contributed by atoms with van der Waals surface area (Å²) in [6.07, 6.45) is 1.30. The number of hydrazine groups is 1. The van der Waals surface area contributed by atoms with E-state index in [-0.39, 0.29) is 19.1 Å². The van der Waals surface area contributed by atoms with Crippen molar-refractivity contribution in [1.82, 2.24) is 15.3 Å². The minimum atomic E-state index is -0.923. The van der Waals surface area contributed by atoms with Gasteiger partial charge in [-0.15, -0.1) is 0 Å². The number of amides is 2. The number of hydrogen-bond donors (Lipinski definition) is 2. The Hall–Kier alpha value is -2.61.